The lowest BCUT2D eigenvalue weighted by Crippen LogP contribution is -2.50. The fourth-order valence-corrected chi connectivity index (χ4v) is 6.17. The van der Waals surface area contributed by atoms with Gasteiger partial charge in [0.15, 0.2) is 0 Å². The van der Waals surface area contributed by atoms with Crippen LogP contribution < -0.4 is 10.2 Å². The quantitative estimate of drug-likeness (QED) is 0.715. The smallest absolute Gasteiger partial charge is 0.225 e. The molecular weight excluding hydrogens is 438 g/mol. The van der Waals surface area contributed by atoms with E-state index in [9.17, 15) is 9.59 Å². The maximum atomic E-state index is 13.3. The van der Waals surface area contributed by atoms with Crippen LogP contribution in [0.15, 0.2) is 24.3 Å². The molecule has 0 spiro atoms. The first-order chi connectivity index (χ1) is 17.0. The van der Waals surface area contributed by atoms with Crippen molar-refractivity contribution in [1.82, 2.24) is 14.8 Å². The molecule has 0 saturated carbocycles. The van der Waals surface area contributed by atoms with Crippen molar-refractivity contribution in [2.75, 3.05) is 49.5 Å². The Morgan fingerprint density at radius 2 is 1.63 bits per heavy atom. The Morgan fingerprint density at radius 3 is 2.31 bits per heavy atom. The van der Waals surface area contributed by atoms with Crippen LogP contribution >= 0.6 is 0 Å². The largest absolute Gasteiger partial charge is 0.357 e. The highest BCUT2D eigenvalue weighted by atomic mass is 16.2. The summed E-state index contributed by atoms with van der Waals surface area (Å²) in [6.07, 6.45) is 8.10. The van der Waals surface area contributed by atoms with E-state index in [-0.39, 0.29) is 11.8 Å². The Kier molecular flexibility index (Phi) is 7.23. The fourth-order valence-electron chi connectivity index (χ4n) is 6.17. The number of piperidine rings is 3. The molecule has 0 atom stereocenters. The van der Waals surface area contributed by atoms with E-state index in [2.05, 4.69) is 33.0 Å². The monoisotopic (exact) mass is 477 g/mol. The van der Waals surface area contributed by atoms with Gasteiger partial charge in [0.05, 0.1) is 5.52 Å². The number of aryl methyl sites for hydroxylation is 1. The Bertz CT molecular complexity index is 1060. The summed E-state index contributed by atoms with van der Waals surface area (Å²) in [6, 6.07) is 8.67. The molecule has 7 nitrogen and oxygen atoms in total. The third kappa shape index (κ3) is 5.45. The number of hydrogen-bond donors (Lipinski definition) is 1. The number of anilines is 2. The summed E-state index contributed by atoms with van der Waals surface area (Å²) in [6.45, 7) is 9.67. The molecular formula is C28H39N5O2. The van der Waals surface area contributed by atoms with Crippen LogP contribution in [0.5, 0.6) is 0 Å². The number of carbonyl (C=O) groups excluding carboxylic acids is 2. The molecule has 3 aliphatic rings. The fraction of sp³-hybridized carbons (Fsp3) is 0.607. The number of hydrogen-bond acceptors (Lipinski definition) is 5. The predicted octanol–water partition coefficient (Wildman–Crippen LogP) is 4.19. The van der Waals surface area contributed by atoms with E-state index >= 15 is 0 Å². The molecule has 0 unspecified atom stereocenters. The van der Waals surface area contributed by atoms with Crippen LogP contribution in [0.2, 0.25) is 0 Å². The number of nitrogens with one attached hydrogen (secondary N) is 1. The molecule has 0 bridgehead atoms. The first kappa shape index (κ1) is 24.0. The molecule has 1 aromatic carbocycles. The van der Waals surface area contributed by atoms with E-state index in [1.165, 1.54) is 39.3 Å². The lowest BCUT2D eigenvalue weighted by Gasteiger charge is -2.42. The molecule has 3 saturated heterocycles. The first-order valence-corrected chi connectivity index (χ1v) is 13.4. The number of aromatic nitrogens is 1. The van der Waals surface area contributed by atoms with Crippen LogP contribution in [0.3, 0.4) is 0 Å². The average Bonchev–Trinajstić information content (AvgIpc) is 2.89. The van der Waals surface area contributed by atoms with E-state index in [1.807, 2.05) is 18.2 Å². The average molecular weight is 478 g/mol. The van der Waals surface area contributed by atoms with Gasteiger partial charge in [-0.15, -0.1) is 0 Å². The number of nitrogens with zero attached hydrogens (tertiary/aromatic N) is 4. The van der Waals surface area contributed by atoms with Crippen LogP contribution in [0.1, 0.15) is 57.4 Å². The van der Waals surface area contributed by atoms with Crippen molar-refractivity contribution in [1.29, 1.82) is 0 Å². The van der Waals surface area contributed by atoms with Crippen molar-refractivity contribution in [3.63, 3.8) is 0 Å². The topological polar surface area (TPSA) is 68.8 Å². The summed E-state index contributed by atoms with van der Waals surface area (Å²) in [5, 5.41) is 3.90. The number of pyridine rings is 1. The lowest BCUT2D eigenvalue weighted by atomic mass is 9.93. The summed E-state index contributed by atoms with van der Waals surface area (Å²) in [7, 11) is 0. The molecule has 1 aromatic heterocycles. The van der Waals surface area contributed by atoms with E-state index < -0.39 is 0 Å². The summed E-state index contributed by atoms with van der Waals surface area (Å²) in [5.74, 6) is 1.42. The molecule has 5 rings (SSSR count). The summed E-state index contributed by atoms with van der Waals surface area (Å²) < 4.78 is 0. The highest BCUT2D eigenvalue weighted by molar-refractivity contribution is 5.93. The molecule has 2 amide bonds. The van der Waals surface area contributed by atoms with Gasteiger partial charge in [-0.3, -0.25) is 9.59 Å². The highest BCUT2D eigenvalue weighted by Crippen LogP contribution is 2.29. The number of likely N-dealkylation sites (tertiary alicyclic amines) is 2. The predicted molar refractivity (Wildman–Crippen MR) is 141 cm³/mol. The third-order valence-electron chi connectivity index (χ3n) is 8.17. The molecule has 4 heterocycles. The van der Waals surface area contributed by atoms with Crippen LogP contribution in [-0.2, 0) is 9.59 Å². The molecule has 0 aliphatic carbocycles. The zero-order valence-corrected chi connectivity index (χ0v) is 21.3. The summed E-state index contributed by atoms with van der Waals surface area (Å²) in [4.78, 5) is 36.7. The summed E-state index contributed by atoms with van der Waals surface area (Å²) >= 11 is 0. The number of amides is 2. The van der Waals surface area contributed by atoms with Crippen LogP contribution in [0.25, 0.3) is 10.9 Å². The molecule has 3 fully saturated rings. The van der Waals surface area contributed by atoms with Crippen LogP contribution in [0.4, 0.5) is 11.5 Å². The second-order valence-electron chi connectivity index (χ2n) is 10.6. The molecule has 35 heavy (non-hydrogen) atoms. The Hall–Kier alpha value is -2.67. The van der Waals surface area contributed by atoms with Gasteiger partial charge >= 0.3 is 0 Å². The minimum atomic E-state index is -0.0737. The number of carbonyl (C=O) groups is 2. The lowest BCUT2D eigenvalue weighted by molar-refractivity contribution is -0.137. The first-order valence-electron chi connectivity index (χ1n) is 13.4. The van der Waals surface area contributed by atoms with Crippen molar-refractivity contribution in [2.45, 2.75) is 64.8 Å². The van der Waals surface area contributed by atoms with Crippen molar-refractivity contribution >= 4 is 34.2 Å². The van der Waals surface area contributed by atoms with Gasteiger partial charge in [0.25, 0.3) is 0 Å². The zero-order chi connectivity index (χ0) is 24.4. The van der Waals surface area contributed by atoms with Gasteiger partial charge in [0.1, 0.15) is 5.82 Å². The minimum absolute atomic E-state index is 0.0737. The number of benzene rings is 1. The van der Waals surface area contributed by atoms with Crippen molar-refractivity contribution < 1.29 is 9.59 Å². The molecule has 2 aromatic rings. The van der Waals surface area contributed by atoms with Gasteiger partial charge in [0.2, 0.25) is 11.8 Å². The van der Waals surface area contributed by atoms with Crippen LogP contribution in [0, 0.1) is 12.8 Å². The van der Waals surface area contributed by atoms with Gasteiger partial charge in [-0.1, -0.05) is 6.42 Å². The Morgan fingerprint density at radius 1 is 0.914 bits per heavy atom. The normalized spacial score (nSPS) is 20.9. The van der Waals surface area contributed by atoms with Gasteiger partial charge < -0.3 is 20.0 Å². The molecule has 3 aliphatic heterocycles. The maximum Gasteiger partial charge on any atom is 0.225 e. The van der Waals surface area contributed by atoms with Crippen molar-refractivity contribution in [3.05, 3.63) is 29.8 Å². The van der Waals surface area contributed by atoms with E-state index in [0.29, 0.717) is 11.9 Å². The SMILES string of the molecule is CC(=O)Nc1ccc2nc(N3CCC(C(=O)N4CCC(N5CCCCC5)CC4)CC3)cc(C)c2c1. The highest BCUT2D eigenvalue weighted by Gasteiger charge is 2.33. The Labute approximate surface area is 208 Å². The molecule has 1 N–H and O–H groups in total. The minimum Gasteiger partial charge on any atom is -0.357 e. The van der Waals surface area contributed by atoms with E-state index in [1.54, 1.807) is 0 Å². The standard InChI is InChI=1S/C28H39N5O2/c1-20-18-27(30-26-7-6-23(19-25(20)26)29-21(2)34)32-14-8-22(9-15-32)28(35)33-16-10-24(11-17-33)31-12-4-3-5-13-31/h6-7,18-19,22,24H,3-5,8-17H2,1-2H3,(H,29,34). The van der Waals surface area contributed by atoms with Crippen molar-refractivity contribution in [2.24, 2.45) is 5.92 Å². The summed E-state index contributed by atoms with van der Waals surface area (Å²) in [5.41, 5.74) is 2.87. The Balaban J connectivity index is 1.16. The molecule has 0 radical (unpaired) electrons. The molecule has 7 heteroatoms. The van der Waals surface area contributed by atoms with E-state index in [4.69, 9.17) is 4.98 Å². The second-order valence-corrected chi connectivity index (χ2v) is 10.6. The van der Waals surface area contributed by atoms with Crippen molar-refractivity contribution in [3.8, 4) is 0 Å². The van der Waals surface area contributed by atoms with Gasteiger partial charge in [-0.2, -0.15) is 0 Å². The second kappa shape index (κ2) is 10.5. The number of fused-ring (bicyclic) bond motifs is 1. The molecule has 188 valence electrons. The van der Waals surface area contributed by atoms with Crippen LogP contribution in [-0.4, -0.2) is 71.9 Å². The third-order valence-corrected chi connectivity index (χ3v) is 8.17. The zero-order valence-electron chi connectivity index (χ0n) is 21.3. The van der Waals surface area contributed by atoms with E-state index in [0.717, 1.165) is 79.8 Å². The maximum absolute atomic E-state index is 13.3. The van der Waals surface area contributed by atoms with Gasteiger partial charge in [-0.05, 0) is 88.4 Å². The number of rotatable bonds is 4. The van der Waals surface area contributed by atoms with Gasteiger partial charge in [-0.25, -0.2) is 4.98 Å². The van der Waals surface area contributed by atoms with Gasteiger partial charge in [0, 0.05) is 56.1 Å².